The summed E-state index contributed by atoms with van der Waals surface area (Å²) in [6, 6.07) is 3.95. The largest absolute Gasteiger partial charge is 0.506 e. The van der Waals surface area contributed by atoms with Crippen LogP contribution in [0.15, 0.2) is 16.6 Å². The van der Waals surface area contributed by atoms with Crippen molar-refractivity contribution < 1.29 is 5.11 Å². The van der Waals surface area contributed by atoms with Gasteiger partial charge in [0, 0.05) is 42.8 Å². The lowest BCUT2D eigenvalue weighted by atomic mass is 9.76. The average Bonchev–Trinajstić information content (AvgIpc) is 2.41. The van der Waals surface area contributed by atoms with Crippen LogP contribution in [0.25, 0.3) is 0 Å². The van der Waals surface area contributed by atoms with E-state index >= 15 is 0 Å². The molecule has 2 N–H and O–H groups in total. The molecule has 1 heterocycles. The molecule has 1 aliphatic heterocycles. The fourth-order valence-electron chi connectivity index (χ4n) is 3.27. The van der Waals surface area contributed by atoms with Crippen molar-refractivity contribution in [1.29, 1.82) is 0 Å². The van der Waals surface area contributed by atoms with Crippen molar-refractivity contribution >= 4 is 27.5 Å². The molecule has 3 rings (SSSR count). The molecule has 20 heavy (non-hydrogen) atoms. The van der Waals surface area contributed by atoms with E-state index in [1.807, 2.05) is 12.1 Å². The maximum Gasteiger partial charge on any atom is 0.136 e. The van der Waals surface area contributed by atoms with Gasteiger partial charge in [-0.3, -0.25) is 4.90 Å². The smallest absolute Gasteiger partial charge is 0.136 e. The maximum absolute atomic E-state index is 10.5. The molecular weight excluding hydrogens is 340 g/mol. The Kier molecular flexibility index (Phi) is 4.55. The van der Waals surface area contributed by atoms with E-state index in [0.717, 1.165) is 36.2 Å². The first-order chi connectivity index (χ1) is 9.68. The van der Waals surface area contributed by atoms with Gasteiger partial charge < -0.3 is 10.4 Å². The van der Waals surface area contributed by atoms with Crippen LogP contribution in [0, 0.1) is 5.92 Å². The number of piperazine rings is 1. The van der Waals surface area contributed by atoms with Crippen LogP contribution in [-0.4, -0.2) is 36.2 Å². The quantitative estimate of drug-likeness (QED) is 0.866. The standard InChI is InChI=1S/C15H20BrClN2O/c16-11-4-5-12(17)13(15(11)20)14(10-2-1-3-10)19-8-6-18-7-9-19/h4-5,10,14,18,20H,1-3,6-9H2/t14-/m1/s1. The van der Waals surface area contributed by atoms with Gasteiger partial charge in [0.05, 0.1) is 4.47 Å². The first-order valence-electron chi connectivity index (χ1n) is 7.30. The molecule has 0 radical (unpaired) electrons. The summed E-state index contributed by atoms with van der Waals surface area (Å²) in [7, 11) is 0. The highest BCUT2D eigenvalue weighted by atomic mass is 79.9. The van der Waals surface area contributed by atoms with E-state index in [9.17, 15) is 5.11 Å². The molecule has 3 nitrogen and oxygen atoms in total. The second kappa shape index (κ2) is 6.22. The molecule has 1 aromatic rings. The van der Waals surface area contributed by atoms with Gasteiger partial charge in [0.2, 0.25) is 0 Å². The van der Waals surface area contributed by atoms with E-state index in [4.69, 9.17) is 11.6 Å². The number of hydrogen-bond donors (Lipinski definition) is 2. The van der Waals surface area contributed by atoms with E-state index in [0.29, 0.717) is 16.7 Å². The second-order valence-corrected chi connectivity index (χ2v) is 6.97. The van der Waals surface area contributed by atoms with Gasteiger partial charge in [-0.1, -0.05) is 18.0 Å². The molecule has 2 fully saturated rings. The monoisotopic (exact) mass is 358 g/mol. The predicted octanol–water partition coefficient (Wildman–Crippen LogP) is 3.55. The molecule has 5 heteroatoms. The topological polar surface area (TPSA) is 35.5 Å². The molecule has 1 aromatic carbocycles. The van der Waals surface area contributed by atoms with Crippen LogP contribution in [0.1, 0.15) is 30.9 Å². The van der Waals surface area contributed by atoms with E-state index in [1.165, 1.54) is 19.3 Å². The van der Waals surface area contributed by atoms with Gasteiger partial charge in [0.25, 0.3) is 0 Å². The summed E-state index contributed by atoms with van der Waals surface area (Å²) in [5, 5.41) is 14.5. The third-order valence-electron chi connectivity index (χ3n) is 4.55. The van der Waals surface area contributed by atoms with Crippen molar-refractivity contribution in [3.8, 4) is 5.75 Å². The number of nitrogens with one attached hydrogen (secondary N) is 1. The van der Waals surface area contributed by atoms with Crippen molar-refractivity contribution in [1.82, 2.24) is 10.2 Å². The Morgan fingerprint density at radius 3 is 2.60 bits per heavy atom. The van der Waals surface area contributed by atoms with Gasteiger partial charge in [0.1, 0.15) is 5.75 Å². The molecule has 0 aromatic heterocycles. The highest BCUT2D eigenvalue weighted by Crippen LogP contribution is 2.48. The minimum atomic E-state index is 0.246. The van der Waals surface area contributed by atoms with Gasteiger partial charge in [-0.25, -0.2) is 0 Å². The van der Waals surface area contributed by atoms with Crippen LogP contribution >= 0.6 is 27.5 Å². The Balaban J connectivity index is 1.98. The van der Waals surface area contributed by atoms with E-state index in [2.05, 4.69) is 26.1 Å². The Bertz CT molecular complexity index is 487. The lowest BCUT2D eigenvalue weighted by Crippen LogP contribution is -2.48. The minimum Gasteiger partial charge on any atom is -0.506 e. The van der Waals surface area contributed by atoms with Crippen LogP contribution in [0.5, 0.6) is 5.75 Å². The SMILES string of the molecule is Oc1c(Br)ccc(Cl)c1[C@@H](C1CCC1)N1CCNCC1. The van der Waals surface area contributed by atoms with Gasteiger partial charge >= 0.3 is 0 Å². The fourth-order valence-corrected chi connectivity index (χ4v) is 3.88. The van der Waals surface area contributed by atoms with Crippen LogP contribution in [0.4, 0.5) is 0 Å². The van der Waals surface area contributed by atoms with Gasteiger partial charge in [-0.2, -0.15) is 0 Å². The molecule has 0 unspecified atom stereocenters. The third-order valence-corrected chi connectivity index (χ3v) is 5.52. The number of rotatable bonds is 3. The molecular formula is C15H20BrClN2O. The summed E-state index contributed by atoms with van der Waals surface area (Å²) < 4.78 is 0.733. The second-order valence-electron chi connectivity index (χ2n) is 5.71. The summed E-state index contributed by atoms with van der Waals surface area (Å²) in [6.45, 7) is 4.05. The average molecular weight is 360 g/mol. The third kappa shape index (κ3) is 2.71. The van der Waals surface area contributed by atoms with Crippen molar-refractivity contribution in [3.63, 3.8) is 0 Å². The summed E-state index contributed by atoms with van der Waals surface area (Å²) in [5.74, 6) is 0.929. The first kappa shape index (κ1) is 14.6. The van der Waals surface area contributed by atoms with Gasteiger partial charge in [0.15, 0.2) is 0 Å². The number of hydrogen-bond acceptors (Lipinski definition) is 3. The van der Waals surface area contributed by atoms with Crippen LogP contribution in [0.2, 0.25) is 5.02 Å². The fraction of sp³-hybridized carbons (Fsp3) is 0.600. The van der Waals surface area contributed by atoms with Crippen molar-refractivity contribution in [3.05, 3.63) is 27.2 Å². The van der Waals surface area contributed by atoms with E-state index < -0.39 is 0 Å². The van der Waals surface area contributed by atoms with E-state index in [-0.39, 0.29) is 6.04 Å². The normalized spacial score (nSPS) is 22.5. The predicted molar refractivity (Wildman–Crippen MR) is 85.3 cm³/mol. The van der Waals surface area contributed by atoms with Gasteiger partial charge in [-0.15, -0.1) is 0 Å². The first-order valence-corrected chi connectivity index (χ1v) is 8.47. The number of aromatic hydroxyl groups is 1. The maximum atomic E-state index is 10.5. The molecule has 110 valence electrons. The van der Waals surface area contributed by atoms with Crippen molar-refractivity contribution in [2.24, 2.45) is 5.92 Å². The summed E-state index contributed by atoms with van der Waals surface area (Å²) in [6.07, 6.45) is 3.76. The van der Waals surface area contributed by atoms with Gasteiger partial charge in [-0.05, 0) is 46.8 Å². The van der Waals surface area contributed by atoms with Crippen molar-refractivity contribution in [2.45, 2.75) is 25.3 Å². The molecule has 0 bridgehead atoms. The molecule has 1 aliphatic carbocycles. The Labute approximate surface area is 133 Å². The zero-order valence-electron chi connectivity index (χ0n) is 11.4. The molecule has 1 saturated heterocycles. The zero-order valence-corrected chi connectivity index (χ0v) is 13.8. The van der Waals surface area contributed by atoms with Crippen LogP contribution in [0.3, 0.4) is 0 Å². The minimum absolute atomic E-state index is 0.246. The summed E-state index contributed by atoms with van der Waals surface area (Å²) in [4.78, 5) is 2.48. The Morgan fingerprint density at radius 1 is 1.30 bits per heavy atom. The number of phenols is 1. The molecule has 0 amide bonds. The lowest BCUT2D eigenvalue weighted by molar-refractivity contribution is 0.0819. The lowest BCUT2D eigenvalue weighted by Gasteiger charge is -2.43. The molecule has 2 aliphatic rings. The number of nitrogens with zero attached hydrogens (tertiary/aromatic N) is 1. The highest BCUT2D eigenvalue weighted by molar-refractivity contribution is 9.10. The number of benzene rings is 1. The zero-order chi connectivity index (χ0) is 14.1. The van der Waals surface area contributed by atoms with E-state index in [1.54, 1.807) is 0 Å². The highest BCUT2D eigenvalue weighted by Gasteiger charge is 2.36. The molecule has 0 spiro atoms. The Morgan fingerprint density at radius 2 is 2.00 bits per heavy atom. The van der Waals surface area contributed by atoms with Crippen LogP contribution in [-0.2, 0) is 0 Å². The van der Waals surface area contributed by atoms with Crippen LogP contribution < -0.4 is 5.32 Å². The summed E-state index contributed by atoms with van der Waals surface area (Å²) in [5.41, 5.74) is 0.910. The number of phenolic OH excluding ortho intramolecular Hbond substituents is 1. The Hall–Kier alpha value is -0.290. The number of halogens is 2. The summed E-state index contributed by atoms with van der Waals surface area (Å²) >= 11 is 9.84. The molecule has 1 atom stereocenters. The van der Waals surface area contributed by atoms with Crippen molar-refractivity contribution in [2.75, 3.05) is 26.2 Å². The molecule has 1 saturated carbocycles.